The van der Waals surface area contributed by atoms with Gasteiger partial charge in [0.05, 0.1) is 45.6 Å². The molecular formula is C48H26N4S2. The van der Waals surface area contributed by atoms with Crippen molar-refractivity contribution in [1.82, 2.24) is 14.1 Å². The van der Waals surface area contributed by atoms with Crippen molar-refractivity contribution in [1.29, 1.82) is 5.26 Å². The zero-order valence-electron chi connectivity index (χ0n) is 28.6. The Kier molecular flexibility index (Phi) is 6.12. The molecule has 250 valence electrons. The fraction of sp³-hybridized carbons (Fsp3) is 0. The second-order valence-corrected chi connectivity index (χ2v) is 16.0. The molecule has 54 heavy (non-hydrogen) atoms. The van der Waals surface area contributed by atoms with Gasteiger partial charge in [-0.3, -0.25) is 4.57 Å². The maximum absolute atomic E-state index is 10.1. The lowest BCUT2D eigenvalue weighted by atomic mass is 10.0. The van der Waals surface area contributed by atoms with Crippen molar-refractivity contribution in [2.45, 2.75) is 0 Å². The van der Waals surface area contributed by atoms with Crippen LogP contribution in [-0.4, -0.2) is 14.1 Å². The Bertz CT molecular complexity index is 3590. The molecule has 0 radical (unpaired) electrons. The smallest absolute Gasteiger partial charge is 0.138 e. The van der Waals surface area contributed by atoms with Crippen LogP contribution < -0.4 is 0 Å². The molecule has 0 spiro atoms. The predicted octanol–water partition coefficient (Wildman–Crippen LogP) is 13.6. The van der Waals surface area contributed by atoms with E-state index in [9.17, 15) is 5.26 Å². The molecule has 0 aliphatic rings. The highest BCUT2D eigenvalue weighted by atomic mass is 32.1. The van der Waals surface area contributed by atoms with Gasteiger partial charge < -0.3 is 4.57 Å². The van der Waals surface area contributed by atoms with E-state index in [-0.39, 0.29) is 0 Å². The molecule has 0 amide bonds. The van der Waals surface area contributed by atoms with Crippen LogP contribution in [0.4, 0.5) is 0 Å². The summed E-state index contributed by atoms with van der Waals surface area (Å²) in [6, 6.07) is 56.4. The third kappa shape index (κ3) is 4.02. The standard InChI is InChI=1S/C48H26N4S2/c49-26-28-10-9-11-29(24-28)36-25-44(52-38-17-6-2-13-31(38)33-21-23-43-46(48(33)52)35-15-4-8-19-41(35)54-43)50-27-39(36)51-37-16-5-1-12-30(37)32-20-22-42-45(47(32)51)34-14-3-7-18-40(34)53-42/h1-25,27H. The molecule has 0 atom stereocenters. The van der Waals surface area contributed by atoms with Gasteiger partial charge in [-0.15, -0.1) is 22.7 Å². The molecule has 5 aromatic heterocycles. The highest BCUT2D eigenvalue weighted by Gasteiger charge is 2.23. The highest BCUT2D eigenvalue weighted by Crippen LogP contribution is 2.46. The molecule has 0 saturated heterocycles. The Balaban J connectivity index is 1.24. The summed E-state index contributed by atoms with van der Waals surface area (Å²) >= 11 is 3.67. The molecule has 0 fully saturated rings. The summed E-state index contributed by atoms with van der Waals surface area (Å²) in [5.41, 5.74) is 8.11. The van der Waals surface area contributed by atoms with Crippen molar-refractivity contribution in [3.05, 3.63) is 163 Å². The number of rotatable bonds is 3. The molecule has 0 bridgehead atoms. The number of benzene rings is 7. The van der Waals surface area contributed by atoms with Crippen molar-refractivity contribution >= 4 is 107 Å². The molecule has 12 rings (SSSR count). The normalized spacial score (nSPS) is 12.1. The van der Waals surface area contributed by atoms with E-state index < -0.39 is 0 Å². The van der Waals surface area contributed by atoms with Crippen LogP contribution in [0.15, 0.2) is 158 Å². The van der Waals surface area contributed by atoms with E-state index in [1.54, 1.807) is 0 Å². The zero-order valence-corrected chi connectivity index (χ0v) is 30.2. The maximum atomic E-state index is 10.1. The van der Waals surface area contributed by atoms with Gasteiger partial charge >= 0.3 is 0 Å². The third-order valence-corrected chi connectivity index (χ3v) is 13.3. The number of aromatic nitrogens is 3. The summed E-state index contributed by atoms with van der Waals surface area (Å²) in [5.74, 6) is 0.831. The van der Waals surface area contributed by atoms with Crippen LogP contribution >= 0.6 is 22.7 Å². The van der Waals surface area contributed by atoms with Gasteiger partial charge in [0, 0.05) is 67.5 Å². The number of pyridine rings is 1. The van der Waals surface area contributed by atoms with Crippen LogP contribution in [0.2, 0.25) is 0 Å². The molecule has 12 aromatic rings. The van der Waals surface area contributed by atoms with E-state index in [2.05, 4.69) is 155 Å². The highest BCUT2D eigenvalue weighted by molar-refractivity contribution is 7.26. The lowest BCUT2D eigenvalue weighted by molar-refractivity contribution is 1.06. The predicted molar refractivity (Wildman–Crippen MR) is 229 cm³/mol. The first kappa shape index (κ1) is 29.8. The van der Waals surface area contributed by atoms with Crippen LogP contribution in [0.5, 0.6) is 0 Å². The van der Waals surface area contributed by atoms with Gasteiger partial charge in [0.15, 0.2) is 0 Å². The molecule has 0 aliphatic heterocycles. The average Bonchev–Trinajstić information content (AvgIpc) is 3.98. The van der Waals surface area contributed by atoms with Gasteiger partial charge in [-0.2, -0.15) is 5.26 Å². The Labute approximate surface area is 316 Å². The number of thiophene rings is 2. The summed E-state index contributed by atoms with van der Waals surface area (Å²) in [5, 5.41) is 19.9. The molecular weight excluding hydrogens is 697 g/mol. The summed E-state index contributed by atoms with van der Waals surface area (Å²) in [4.78, 5) is 5.40. The lowest BCUT2D eigenvalue weighted by Gasteiger charge is -2.17. The monoisotopic (exact) mass is 722 g/mol. The minimum atomic E-state index is 0.619. The van der Waals surface area contributed by atoms with Crippen LogP contribution in [0.25, 0.3) is 107 Å². The lowest BCUT2D eigenvalue weighted by Crippen LogP contribution is -2.03. The molecule has 7 aromatic carbocycles. The first-order valence-electron chi connectivity index (χ1n) is 17.9. The topological polar surface area (TPSA) is 46.5 Å². The van der Waals surface area contributed by atoms with Gasteiger partial charge in [0.1, 0.15) is 5.82 Å². The largest absolute Gasteiger partial charge is 0.306 e. The summed E-state index contributed by atoms with van der Waals surface area (Å²) in [6.45, 7) is 0. The van der Waals surface area contributed by atoms with Crippen molar-refractivity contribution in [3.63, 3.8) is 0 Å². The van der Waals surface area contributed by atoms with Gasteiger partial charge in [-0.1, -0.05) is 97.1 Å². The number of fused-ring (bicyclic) bond motifs is 14. The minimum Gasteiger partial charge on any atom is -0.306 e. The molecule has 0 saturated carbocycles. The summed E-state index contributed by atoms with van der Waals surface area (Å²) in [6.07, 6.45) is 2.05. The maximum Gasteiger partial charge on any atom is 0.138 e. The fourth-order valence-electron chi connectivity index (χ4n) is 8.74. The van der Waals surface area contributed by atoms with E-state index in [1.807, 2.05) is 40.9 Å². The van der Waals surface area contributed by atoms with Gasteiger partial charge in [0.25, 0.3) is 0 Å². The summed E-state index contributed by atoms with van der Waals surface area (Å²) < 4.78 is 9.81. The SMILES string of the molecule is N#Cc1cccc(-c2cc(-n3c4ccccc4c4ccc5sc6ccccc6c5c43)ncc2-n2c3ccccc3c3ccc4sc5ccccc5c4c32)c1. The third-order valence-electron chi connectivity index (χ3n) is 11.0. The number of hydrogen-bond donors (Lipinski definition) is 0. The Morgan fingerprint density at radius 1 is 0.481 bits per heavy atom. The first-order chi connectivity index (χ1) is 26.7. The van der Waals surface area contributed by atoms with E-state index in [4.69, 9.17) is 4.98 Å². The molecule has 5 heterocycles. The van der Waals surface area contributed by atoms with Crippen molar-refractivity contribution in [2.24, 2.45) is 0 Å². The van der Waals surface area contributed by atoms with Crippen LogP contribution in [0.3, 0.4) is 0 Å². The van der Waals surface area contributed by atoms with Gasteiger partial charge in [0.2, 0.25) is 0 Å². The van der Waals surface area contributed by atoms with Gasteiger partial charge in [-0.25, -0.2) is 4.98 Å². The average molecular weight is 723 g/mol. The zero-order chi connectivity index (χ0) is 35.5. The van der Waals surface area contributed by atoms with Crippen molar-refractivity contribution in [2.75, 3.05) is 0 Å². The second kappa shape index (κ2) is 11.1. The number of para-hydroxylation sites is 2. The Morgan fingerprint density at radius 3 is 1.67 bits per heavy atom. The second-order valence-electron chi connectivity index (χ2n) is 13.8. The quantitative estimate of drug-likeness (QED) is 0.182. The number of hydrogen-bond acceptors (Lipinski definition) is 4. The molecule has 0 aliphatic carbocycles. The van der Waals surface area contributed by atoms with Crippen molar-refractivity contribution in [3.8, 4) is 28.7 Å². The van der Waals surface area contributed by atoms with Crippen LogP contribution in [-0.2, 0) is 0 Å². The summed E-state index contributed by atoms with van der Waals surface area (Å²) in [7, 11) is 0. The molecule has 4 nitrogen and oxygen atoms in total. The number of nitrogens with zero attached hydrogens (tertiary/aromatic N) is 4. The molecule has 0 unspecified atom stereocenters. The van der Waals surface area contributed by atoms with E-state index >= 15 is 0 Å². The van der Waals surface area contributed by atoms with Gasteiger partial charge in [-0.05, 0) is 60.2 Å². The van der Waals surface area contributed by atoms with Crippen LogP contribution in [0.1, 0.15) is 5.56 Å². The fourth-order valence-corrected chi connectivity index (χ4v) is 11.0. The Hall–Kier alpha value is -6.78. The van der Waals surface area contributed by atoms with E-state index in [0.29, 0.717) is 5.56 Å². The van der Waals surface area contributed by atoms with E-state index in [1.165, 1.54) is 67.4 Å². The molecule has 0 N–H and O–H groups in total. The van der Waals surface area contributed by atoms with E-state index in [0.717, 1.165) is 39.2 Å². The molecule has 6 heteroatoms. The minimum absolute atomic E-state index is 0.619. The number of nitriles is 1. The Morgan fingerprint density at radius 2 is 1.04 bits per heavy atom. The van der Waals surface area contributed by atoms with Crippen LogP contribution in [0, 0.1) is 11.3 Å². The first-order valence-corrected chi connectivity index (χ1v) is 19.6. The van der Waals surface area contributed by atoms with Crippen molar-refractivity contribution < 1.29 is 0 Å².